The van der Waals surface area contributed by atoms with Crippen molar-refractivity contribution in [3.05, 3.63) is 48.2 Å². The predicted molar refractivity (Wildman–Crippen MR) is 106 cm³/mol. The Balaban J connectivity index is 1.34. The van der Waals surface area contributed by atoms with Gasteiger partial charge in [0.25, 0.3) is 5.91 Å². The summed E-state index contributed by atoms with van der Waals surface area (Å²) < 4.78 is 0. The van der Waals surface area contributed by atoms with Gasteiger partial charge in [-0.1, -0.05) is 6.92 Å². The van der Waals surface area contributed by atoms with Gasteiger partial charge in [0.1, 0.15) is 5.82 Å². The molecule has 1 aliphatic carbocycles. The summed E-state index contributed by atoms with van der Waals surface area (Å²) in [5.41, 5.74) is 2.33. The topological polar surface area (TPSA) is 74.3 Å². The highest BCUT2D eigenvalue weighted by molar-refractivity contribution is 6.04. The van der Waals surface area contributed by atoms with E-state index in [1.807, 2.05) is 12.1 Å². The summed E-state index contributed by atoms with van der Waals surface area (Å²) in [5, 5.41) is 5.71. The fourth-order valence-electron chi connectivity index (χ4n) is 3.44. The zero-order chi connectivity index (χ0) is 18.8. The maximum atomic E-state index is 12.4. The Labute approximate surface area is 159 Å². The van der Waals surface area contributed by atoms with Crippen molar-refractivity contribution in [2.45, 2.75) is 26.2 Å². The highest BCUT2D eigenvalue weighted by atomic mass is 16.2. The van der Waals surface area contributed by atoms with Crippen LogP contribution in [0.25, 0.3) is 0 Å². The van der Waals surface area contributed by atoms with E-state index in [1.54, 1.807) is 30.5 Å². The van der Waals surface area contributed by atoms with Crippen molar-refractivity contribution in [2.75, 3.05) is 28.6 Å². The number of nitrogens with zero attached hydrogens (tertiary/aromatic N) is 2. The lowest BCUT2D eigenvalue weighted by Crippen LogP contribution is -2.18. The molecule has 2 fully saturated rings. The van der Waals surface area contributed by atoms with Crippen molar-refractivity contribution < 1.29 is 9.59 Å². The van der Waals surface area contributed by atoms with E-state index in [0.717, 1.165) is 25.2 Å². The minimum absolute atomic E-state index is 0.0574. The van der Waals surface area contributed by atoms with E-state index >= 15 is 0 Å². The van der Waals surface area contributed by atoms with Crippen molar-refractivity contribution >= 4 is 29.0 Å². The average molecular weight is 364 g/mol. The third-order valence-electron chi connectivity index (χ3n) is 5.32. The molecular formula is C21H24N4O2. The van der Waals surface area contributed by atoms with Crippen LogP contribution in [0.2, 0.25) is 0 Å². The standard InChI is InChI=1S/C21H24N4O2/c1-14-12-18(14)21(27)23-16-6-4-15(5-7-16)20(26)24-19-9-8-17(13-22-19)25-10-2-3-11-25/h4-9,13-14,18H,2-3,10-12H2,1H3,(H,23,27)(H,22,24,26). The highest BCUT2D eigenvalue weighted by Crippen LogP contribution is 2.38. The SMILES string of the molecule is CC1CC1C(=O)Nc1ccc(C(=O)Nc2ccc(N3CCCC3)cn2)cc1. The first-order chi connectivity index (χ1) is 13.1. The lowest BCUT2D eigenvalue weighted by atomic mass is 10.2. The van der Waals surface area contributed by atoms with Crippen LogP contribution in [-0.2, 0) is 4.79 Å². The summed E-state index contributed by atoms with van der Waals surface area (Å²) >= 11 is 0. The molecule has 6 heteroatoms. The van der Waals surface area contributed by atoms with Crippen molar-refractivity contribution in [3.8, 4) is 0 Å². The molecule has 2 aliphatic rings. The summed E-state index contributed by atoms with van der Waals surface area (Å²) in [4.78, 5) is 31.0. The van der Waals surface area contributed by atoms with Crippen LogP contribution in [0.1, 0.15) is 36.5 Å². The van der Waals surface area contributed by atoms with Crippen LogP contribution in [-0.4, -0.2) is 29.9 Å². The quantitative estimate of drug-likeness (QED) is 0.851. The Morgan fingerprint density at radius 3 is 2.33 bits per heavy atom. The van der Waals surface area contributed by atoms with E-state index in [2.05, 4.69) is 27.4 Å². The minimum Gasteiger partial charge on any atom is -0.370 e. The third-order valence-corrected chi connectivity index (χ3v) is 5.32. The first kappa shape index (κ1) is 17.5. The molecule has 0 bridgehead atoms. The molecule has 2 aromatic rings. The van der Waals surface area contributed by atoms with E-state index in [0.29, 0.717) is 23.0 Å². The largest absolute Gasteiger partial charge is 0.370 e. The molecule has 2 unspecified atom stereocenters. The van der Waals surface area contributed by atoms with Gasteiger partial charge in [-0.2, -0.15) is 0 Å². The predicted octanol–water partition coefficient (Wildman–Crippen LogP) is 3.53. The van der Waals surface area contributed by atoms with Gasteiger partial charge >= 0.3 is 0 Å². The number of amides is 2. The number of hydrogen-bond donors (Lipinski definition) is 2. The molecule has 1 aromatic heterocycles. The van der Waals surface area contributed by atoms with Crippen LogP contribution in [0.5, 0.6) is 0 Å². The van der Waals surface area contributed by atoms with Gasteiger partial charge in [0.05, 0.1) is 11.9 Å². The second-order valence-corrected chi connectivity index (χ2v) is 7.44. The molecule has 4 rings (SSSR count). The second-order valence-electron chi connectivity index (χ2n) is 7.44. The maximum absolute atomic E-state index is 12.4. The van der Waals surface area contributed by atoms with Gasteiger partial charge < -0.3 is 15.5 Å². The third kappa shape index (κ3) is 4.10. The first-order valence-electron chi connectivity index (χ1n) is 9.53. The molecule has 140 valence electrons. The highest BCUT2D eigenvalue weighted by Gasteiger charge is 2.39. The summed E-state index contributed by atoms with van der Waals surface area (Å²) in [6.07, 6.45) is 5.19. The van der Waals surface area contributed by atoms with Gasteiger partial charge in [-0.05, 0) is 61.6 Å². The fourth-order valence-corrected chi connectivity index (χ4v) is 3.44. The number of hydrogen-bond acceptors (Lipinski definition) is 4. The Morgan fingerprint density at radius 2 is 1.74 bits per heavy atom. The van der Waals surface area contributed by atoms with Gasteiger partial charge in [-0.15, -0.1) is 0 Å². The molecule has 2 atom stereocenters. The van der Waals surface area contributed by atoms with Crippen molar-refractivity contribution in [1.29, 1.82) is 0 Å². The fraction of sp³-hybridized carbons (Fsp3) is 0.381. The van der Waals surface area contributed by atoms with Gasteiger partial charge in [0.15, 0.2) is 0 Å². The lowest BCUT2D eigenvalue weighted by Gasteiger charge is -2.17. The summed E-state index contributed by atoms with van der Waals surface area (Å²) in [7, 11) is 0. The van der Waals surface area contributed by atoms with E-state index in [4.69, 9.17) is 0 Å². The molecule has 2 N–H and O–H groups in total. The second kappa shape index (κ2) is 7.39. The monoisotopic (exact) mass is 364 g/mol. The smallest absolute Gasteiger partial charge is 0.256 e. The Morgan fingerprint density at radius 1 is 1.04 bits per heavy atom. The Hall–Kier alpha value is -2.89. The molecule has 0 spiro atoms. The van der Waals surface area contributed by atoms with Crippen LogP contribution in [0.15, 0.2) is 42.6 Å². The number of carbonyl (C=O) groups excluding carboxylic acids is 2. The molecule has 6 nitrogen and oxygen atoms in total. The van der Waals surface area contributed by atoms with E-state index in [9.17, 15) is 9.59 Å². The van der Waals surface area contributed by atoms with E-state index in [-0.39, 0.29) is 17.7 Å². The molecule has 2 heterocycles. The average Bonchev–Trinajstić information content (AvgIpc) is 3.18. The molecule has 27 heavy (non-hydrogen) atoms. The van der Waals surface area contributed by atoms with E-state index < -0.39 is 0 Å². The van der Waals surface area contributed by atoms with Crippen LogP contribution in [0, 0.1) is 11.8 Å². The van der Waals surface area contributed by atoms with Crippen LogP contribution in [0.3, 0.4) is 0 Å². The molecule has 1 aromatic carbocycles. The van der Waals surface area contributed by atoms with Crippen LogP contribution < -0.4 is 15.5 Å². The summed E-state index contributed by atoms with van der Waals surface area (Å²) in [6.45, 7) is 4.20. The maximum Gasteiger partial charge on any atom is 0.256 e. The normalized spacial score (nSPS) is 21.0. The van der Waals surface area contributed by atoms with Crippen molar-refractivity contribution in [2.24, 2.45) is 11.8 Å². The number of anilines is 3. The number of nitrogens with one attached hydrogen (secondary N) is 2. The van der Waals surface area contributed by atoms with Gasteiger partial charge in [0, 0.05) is 30.3 Å². The number of pyridine rings is 1. The number of aromatic nitrogens is 1. The molecule has 1 aliphatic heterocycles. The van der Waals surface area contributed by atoms with E-state index in [1.165, 1.54) is 12.8 Å². The first-order valence-corrected chi connectivity index (χ1v) is 9.53. The van der Waals surface area contributed by atoms with Gasteiger partial charge in [0.2, 0.25) is 5.91 Å². The summed E-state index contributed by atoms with van der Waals surface area (Å²) in [5.74, 6) is 0.970. The molecule has 1 saturated carbocycles. The molecule has 2 amide bonds. The zero-order valence-electron chi connectivity index (χ0n) is 15.4. The molecular weight excluding hydrogens is 340 g/mol. The Kier molecular flexibility index (Phi) is 4.79. The number of rotatable bonds is 5. The minimum atomic E-state index is -0.217. The van der Waals surface area contributed by atoms with Crippen LogP contribution in [0.4, 0.5) is 17.2 Å². The number of carbonyl (C=O) groups is 2. The molecule has 1 saturated heterocycles. The lowest BCUT2D eigenvalue weighted by molar-refractivity contribution is -0.117. The van der Waals surface area contributed by atoms with Gasteiger partial charge in [-0.3, -0.25) is 9.59 Å². The molecule has 0 radical (unpaired) electrons. The van der Waals surface area contributed by atoms with Crippen LogP contribution >= 0.6 is 0 Å². The summed E-state index contributed by atoms with van der Waals surface area (Å²) in [6, 6.07) is 10.7. The van der Waals surface area contributed by atoms with Crippen molar-refractivity contribution in [1.82, 2.24) is 4.98 Å². The van der Waals surface area contributed by atoms with Crippen molar-refractivity contribution in [3.63, 3.8) is 0 Å². The van der Waals surface area contributed by atoms with Gasteiger partial charge in [-0.25, -0.2) is 4.98 Å². The number of benzene rings is 1. The zero-order valence-corrected chi connectivity index (χ0v) is 15.4. The Bertz CT molecular complexity index is 826.